The molecule has 1 aliphatic rings. The molecule has 0 saturated carbocycles. The Morgan fingerprint density at radius 2 is 1.80 bits per heavy atom. The van der Waals surface area contributed by atoms with Gasteiger partial charge in [0, 0.05) is 10.7 Å². The first-order valence-electron chi connectivity index (χ1n) is 7.13. The standard InChI is InChI=1S/C18H18BrF/c19-13-18(12-15-7-2-4-10-17(15)20)11-5-8-14-6-1-3-9-16(14)18/h1-4,6-7,9-10H,5,8,11-13H2. The van der Waals surface area contributed by atoms with Gasteiger partial charge in [-0.3, -0.25) is 0 Å². The molecule has 0 heterocycles. The summed E-state index contributed by atoms with van der Waals surface area (Å²) in [5.74, 6) is -0.0871. The first-order chi connectivity index (χ1) is 9.75. The number of hydrogen-bond acceptors (Lipinski definition) is 0. The van der Waals surface area contributed by atoms with Crippen molar-refractivity contribution >= 4 is 15.9 Å². The molecular weight excluding hydrogens is 315 g/mol. The maximum Gasteiger partial charge on any atom is 0.126 e. The molecular formula is C18H18BrF. The van der Waals surface area contributed by atoms with Crippen LogP contribution in [0.5, 0.6) is 0 Å². The molecule has 0 N–H and O–H groups in total. The predicted molar refractivity (Wildman–Crippen MR) is 85.0 cm³/mol. The van der Waals surface area contributed by atoms with Crippen LogP contribution in [0, 0.1) is 5.82 Å². The van der Waals surface area contributed by atoms with Gasteiger partial charge in [0.05, 0.1) is 0 Å². The van der Waals surface area contributed by atoms with Crippen LogP contribution in [0.25, 0.3) is 0 Å². The topological polar surface area (TPSA) is 0 Å². The molecule has 0 nitrogen and oxygen atoms in total. The van der Waals surface area contributed by atoms with Crippen molar-refractivity contribution in [3.8, 4) is 0 Å². The van der Waals surface area contributed by atoms with Gasteiger partial charge >= 0.3 is 0 Å². The summed E-state index contributed by atoms with van der Waals surface area (Å²) in [4.78, 5) is 0. The van der Waals surface area contributed by atoms with E-state index in [1.54, 1.807) is 12.1 Å². The summed E-state index contributed by atoms with van der Waals surface area (Å²) >= 11 is 3.70. The molecule has 0 bridgehead atoms. The SMILES string of the molecule is Fc1ccccc1CC1(CBr)CCCc2ccccc21. The molecule has 2 heteroatoms. The van der Waals surface area contributed by atoms with E-state index >= 15 is 0 Å². The van der Waals surface area contributed by atoms with E-state index in [1.165, 1.54) is 17.5 Å². The lowest BCUT2D eigenvalue weighted by atomic mass is 9.68. The fraction of sp³-hybridized carbons (Fsp3) is 0.333. The van der Waals surface area contributed by atoms with Crippen LogP contribution < -0.4 is 0 Å². The molecule has 104 valence electrons. The number of benzene rings is 2. The molecule has 0 radical (unpaired) electrons. The molecule has 2 aromatic carbocycles. The molecule has 0 amide bonds. The molecule has 0 aliphatic heterocycles. The molecule has 0 aromatic heterocycles. The predicted octanol–water partition coefficient (Wildman–Crippen LogP) is 5.04. The molecule has 0 fully saturated rings. The van der Waals surface area contributed by atoms with Crippen LogP contribution in [0.2, 0.25) is 0 Å². The molecule has 1 aliphatic carbocycles. The van der Waals surface area contributed by atoms with Crippen molar-refractivity contribution in [3.05, 3.63) is 71.0 Å². The first-order valence-corrected chi connectivity index (χ1v) is 8.25. The van der Waals surface area contributed by atoms with Gasteiger partial charge in [0.15, 0.2) is 0 Å². The Morgan fingerprint density at radius 1 is 1.05 bits per heavy atom. The average molecular weight is 333 g/mol. The summed E-state index contributed by atoms with van der Waals surface area (Å²) in [7, 11) is 0. The Morgan fingerprint density at radius 3 is 2.60 bits per heavy atom. The molecule has 0 saturated heterocycles. The zero-order valence-electron chi connectivity index (χ0n) is 11.4. The second-order valence-electron chi connectivity index (χ2n) is 5.69. The van der Waals surface area contributed by atoms with Gasteiger partial charge in [-0.1, -0.05) is 58.4 Å². The Kier molecular flexibility index (Phi) is 3.93. The number of halogens is 2. The van der Waals surface area contributed by atoms with E-state index in [9.17, 15) is 4.39 Å². The van der Waals surface area contributed by atoms with Crippen LogP contribution in [0.3, 0.4) is 0 Å². The number of fused-ring (bicyclic) bond motifs is 1. The van der Waals surface area contributed by atoms with E-state index in [4.69, 9.17) is 0 Å². The van der Waals surface area contributed by atoms with Crippen LogP contribution >= 0.6 is 15.9 Å². The van der Waals surface area contributed by atoms with Crippen molar-refractivity contribution in [1.29, 1.82) is 0 Å². The maximum atomic E-state index is 14.0. The Bertz CT molecular complexity index is 608. The Balaban J connectivity index is 2.03. The maximum absolute atomic E-state index is 14.0. The van der Waals surface area contributed by atoms with Crippen molar-refractivity contribution in [3.63, 3.8) is 0 Å². The Labute approximate surface area is 128 Å². The highest BCUT2D eigenvalue weighted by Gasteiger charge is 2.36. The quantitative estimate of drug-likeness (QED) is 0.691. The minimum absolute atomic E-state index is 0.0248. The van der Waals surface area contributed by atoms with E-state index in [0.717, 1.165) is 30.2 Å². The van der Waals surface area contributed by atoms with Crippen LogP contribution in [0.1, 0.15) is 29.5 Å². The summed E-state index contributed by atoms with van der Waals surface area (Å²) in [5, 5.41) is 0.880. The number of alkyl halides is 1. The van der Waals surface area contributed by atoms with Gasteiger partial charge in [-0.2, -0.15) is 0 Å². The average Bonchev–Trinajstić information content (AvgIpc) is 2.50. The van der Waals surface area contributed by atoms with Gasteiger partial charge in [0.25, 0.3) is 0 Å². The van der Waals surface area contributed by atoms with E-state index in [2.05, 4.69) is 40.2 Å². The third-order valence-electron chi connectivity index (χ3n) is 4.43. The van der Waals surface area contributed by atoms with Gasteiger partial charge < -0.3 is 0 Å². The van der Waals surface area contributed by atoms with Crippen molar-refractivity contribution < 1.29 is 4.39 Å². The summed E-state index contributed by atoms with van der Waals surface area (Å²) < 4.78 is 14.0. The van der Waals surface area contributed by atoms with Crippen molar-refractivity contribution in [1.82, 2.24) is 0 Å². The second-order valence-corrected chi connectivity index (χ2v) is 6.25. The van der Waals surface area contributed by atoms with Gasteiger partial charge in [-0.15, -0.1) is 0 Å². The van der Waals surface area contributed by atoms with Gasteiger partial charge in [-0.25, -0.2) is 4.39 Å². The third kappa shape index (κ3) is 2.42. The number of hydrogen-bond donors (Lipinski definition) is 0. The first kappa shape index (κ1) is 13.8. The highest BCUT2D eigenvalue weighted by atomic mass is 79.9. The normalized spacial score (nSPS) is 21.5. The molecule has 1 atom stereocenters. The van der Waals surface area contributed by atoms with E-state index in [-0.39, 0.29) is 11.2 Å². The van der Waals surface area contributed by atoms with Crippen LogP contribution in [-0.2, 0) is 18.3 Å². The van der Waals surface area contributed by atoms with Crippen molar-refractivity contribution in [2.24, 2.45) is 0 Å². The molecule has 2 aromatic rings. The lowest BCUT2D eigenvalue weighted by molar-refractivity contribution is 0.395. The minimum Gasteiger partial charge on any atom is -0.207 e. The van der Waals surface area contributed by atoms with Gasteiger partial charge in [0.2, 0.25) is 0 Å². The molecule has 0 spiro atoms. The van der Waals surface area contributed by atoms with E-state index < -0.39 is 0 Å². The number of rotatable bonds is 3. The molecule has 3 rings (SSSR count). The minimum atomic E-state index is -0.0871. The lowest BCUT2D eigenvalue weighted by Crippen LogP contribution is -2.35. The monoisotopic (exact) mass is 332 g/mol. The van der Waals surface area contributed by atoms with Gasteiger partial charge in [-0.05, 0) is 48.4 Å². The second kappa shape index (κ2) is 5.69. The fourth-order valence-electron chi connectivity index (χ4n) is 3.38. The molecule has 1 unspecified atom stereocenters. The van der Waals surface area contributed by atoms with Crippen LogP contribution in [0.15, 0.2) is 48.5 Å². The lowest BCUT2D eigenvalue weighted by Gasteiger charge is -2.38. The number of aryl methyl sites for hydroxylation is 1. The largest absolute Gasteiger partial charge is 0.207 e. The molecule has 20 heavy (non-hydrogen) atoms. The van der Waals surface area contributed by atoms with Gasteiger partial charge in [0.1, 0.15) is 5.82 Å². The van der Waals surface area contributed by atoms with Crippen LogP contribution in [-0.4, -0.2) is 5.33 Å². The van der Waals surface area contributed by atoms with E-state index in [1.807, 2.05) is 12.1 Å². The highest BCUT2D eigenvalue weighted by molar-refractivity contribution is 9.09. The van der Waals surface area contributed by atoms with Crippen molar-refractivity contribution in [2.75, 3.05) is 5.33 Å². The zero-order chi connectivity index (χ0) is 14.0. The smallest absolute Gasteiger partial charge is 0.126 e. The van der Waals surface area contributed by atoms with Crippen LogP contribution in [0.4, 0.5) is 4.39 Å². The third-order valence-corrected chi connectivity index (χ3v) is 5.51. The summed E-state index contributed by atoms with van der Waals surface area (Å²) in [6.45, 7) is 0. The highest BCUT2D eigenvalue weighted by Crippen LogP contribution is 2.41. The zero-order valence-corrected chi connectivity index (χ0v) is 13.0. The fourth-order valence-corrected chi connectivity index (χ4v) is 4.16. The summed E-state index contributed by atoms with van der Waals surface area (Å²) in [6, 6.07) is 15.8. The summed E-state index contributed by atoms with van der Waals surface area (Å²) in [6.07, 6.45) is 4.20. The van der Waals surface area contributed by atoms with Crippen molar-refractivity contribution in [2.45, 2.75) is 31.1 Å². The van der Waals surface area contributed by atoms with E-state index in [0.29, 0.717) is 0 Å². The summed E-state index contributed by atoms with van der Waals surface area (Å²) in [5.41, 5.74) is 3.67. The Hall–Kier alpha value is -1.15.